The lowest BCUT2D eigenvalue weighted by atomic mass is 10.1. The lowest BCUT2D eigenvalue weighted by Crippen LogP contribution is -1.95. The monoisotopic (exact) mass is 186 g/mol. The van der Waals surface area contributed by atoms with Crippen molar-refractivity contribution in [2.75, 3.05) is 18.4 Å². The van der Waals surface area contributed by atoms with Crippen molar-refractivity contribution in [3.05, 3.63) is 29.3 Å². The molecule has 1 aromatic carbocycles. The van der Waals surface area contributed by atoms with Gasteiger partial charge in [-0.15, -0.1) is 0 Å². The number of rotatable bonds is 1. The second-order valence-electron chi connectivity index (χ2n) is 3.39. The summed E-state index contributed by atoms with van der Waals surface area (Å²) in [5.74, 6) is 6.16. The van der Waals surface area contributed by atoms with Crippen LogP contribution in [0, 0.1) is 11.8 Å². The van der Waals surface area contributed by atoms with Crippen LogP contribution in [0.25, 0.3) is 0 Å². The van der Waals surface area contributed by atoms with E-state index in [-0.39, 0.29) is 0 Å². The molecule has 0 atom stereocenters. The van der Waals surface area contributed by atoms with Crippen molar-refractivity contribution in [1.29, 1.82) is 0 Å². The number of hydrogen-bond donors (Lipinski definition) is 2. The molecular formula is C12H14N2. The van der Waals surface area contributed by atoms with Gasteiger partial charge in [-0.05, 0) is 30.2 Å². The third-order valence-corrected chi connectivity index (χ3v) is 2.32. The highest BCUT2D eigenvalue weighted by molar-refractivity contribution is 5.58. The average Bonchev–Trinajstić information content (AvgIpc) is 2.65. The Hall–Kier alpha value is -1.46. The summed E-state index contributed by atoms with van der Waals surface area (Å²) in [6.45, 7) is 1.69. The Morgan fingerprint density at radius 3 is 3.21 bits per heavy atom. The molecule has 0 aliphatic carbocycles. The van der Waals surface area contributed by atoms with E-state index in [4.69, 9.17) is 5.73 Å². The molecule has 1 aromatic rings. The number of nitrogens with two attached hydrogens (primary N) is 1. The first-order valence-corrected chi connectivity index (χ1v) is 4.96. The van der Waals surface area contributed by atoms with E-state index in [1.54, 1.807) is 0 Å². The van der Waals surface area contributed by atoms with Crippen LogP contribution in [0.2, 0.25) is 0 Å². The fraction of sp³-hybridized carbons (Fsp3) is 0.333. The molecule has 0 spiro atoms. The van der Waals surface area contributed by atoms with E-state index < -0.39 is 0 Å². The number of benzene rings is 1. The number of anilines is 1. The minimum Gasteiger partial charge on any atom is -0.384 e. The van der Waals surface area contributed by atoms with Crippen LogP contribution in [0.15, 0.2) is 18.2 Å². The fourth-order valence-electron chi connectivity index (χ4n) is 1.62. The predicted molar refractivity (Wildman–Crippen MR) is 59.2 cm³/mol. The molecule has 72 valence electrons. The van der Waals surface area contributed by atoms with Gasteiger partial charge in [0.05, 0.1) is 0 Å². The van der Waals surface area contributed by atoms with Crippen LogP contribution < -0.4 is 11.1 Å². The molecule has 2 nitrogen and oxygen atoms in total. The summed E-state index contributed by atoms with van der Waals surface area (Å²) in [6, 6.07) is 6.33. The predicted octanol–water partition coefficient (Wildman–Crippen LogP) is 1.35. The SMILES string of the molecule is NCCC#Cc1ccc2c(c1)CCN2. The minimum atomic E-state index is 0.638. The van der Waals surface area contributed by atoms with Crippen molar-refractivity contribution in [1.82, 2.24) is 0 Å². The summed E-state index contributed by atoms with van der Waals surface area (Å²) in [4.78, 5) is 0. The van der Waals surface area contributed by atoms with Gasteiger partial charge >= 0.3 is 0 Å². The van der Waals surface area contributed by atoms with E-state index in [0.717, 1.165) is 24.9 Å². The van der Waals surface area contributed by atoms with Crippen molar-refractivity contribution < 1.29 is 0 Å². The molecule has 1 aliphatic heterocycles. The van der Waals surface area contributed by atoms with Gasteiger partial charge in [0.15, 0.2) is 0 Å². The highest BCUT2D eigenvalue weighted by Gasteiger charge is 2.08. The molecule has 2 heteroatoms. The summed E-state index contributed by atoms with van der Waals surface area (Å²) in [5.41, 5.74) is 9.11. The zero-order valence-electron chi connectivity index (χ0n) is 8.14. The first-order chi connectivity index (χ1) is 6.90. The van der Waals surface area contributed by atoms with Crippen LogP contribution in [-0.4, -0.2) is 13.1 Å². The molecule has 3 N–H and O–H groups in total. The van der Waals surface area contributed by atoms with E-state index in [1.165, 1.54) is 11.3 Å². The summed E-state index contributed by atoms with van der Waals surface area (Å²) < 4.78 is 0. The molecular weight excluding hydrogens is 172 g/mol. The molecule has 0 fully saturated rings. The van der Waals surface area contributed by atoms with E-state index >= 15 is 0 Å². The molecule has 0 aromatic heterocycles. The zero-order chi connectivity index (χ0) is 9.80. The van der Waals surface area contributed by atoms with Gasteiger partial charge < -0.3 is 11.1 Å². The van der Waals surface area contributed by atoms with E-state index in [9.17, 15) is 0 Å². The van der Waals surface area contributed by atoms with Crippen molar-refractivity contribution in [2.24, 2.45) is 5.73 Å². The summed E-state index contributed by atoms with van der Waals surface area (Å²) >= 11 is 0. The highest BCUT2D eigenvalue weighted by atomic mass is 14.9. The van der Waals surface area contributed by atoms with E-state index in [1.807, 2.05) is 0 Å². The molecule has 0 bridgehead atoms. The van der Waals surface area contributed by atoms with Gasteiger partial charge in [0, 0.05) is 30.8 Å². The maximum absolute atomic E-state index is 5.37. The van der Waals surface area contributed by atoms with Crippen LogP contribution in [-0.2, 0) is 6.42 Å². The maximum atomic E-state index is 5.37. The van der Waals surface area contributed by atoms with Crippen molar-refractivity contribution >= 4 is 5.69 Å². The van der Waals surface area contributed by atoms with Crippen LogP contribution >= 0.6 is 0 Å². The van der Waals surface area contributed by atoms with E-state index in [0.29, 0.717) is 6.54 Å². The normalized spacial score (nSPS) is 12.6. The van der Waals surface area contributed by atoms with Crippen molar-refractivity contribution in [3.63, 3.8) is 0 Å². The third kappa shape index (κ3) is 1.89. The molecule has 1 aliphatic rings. The van der Waals surface area contributed by atoms with Gasteiger partial charge in [-0.25, -0.2) is 0 Å². The molecule has 0 amide bonds. The van der Waals surface area contributed by atoms with Crippen LogP contribution in [0.5, 0.6) is 0 Å². The second kappa shape index (κ2) is 4.17. The molecule has 0 unspecified atom stereocenters. The molecule has 0 radical (unpaired) electrons. The fourth-order valence-corrected chi connectivity index (χ4v) is 1.62. The molecule has 1 heterocycles. The Kier molecular flexibility index (Phi) is 2.71. The Labute approximate surface area is 84.5 Å². The minimum absolute atomic E-state index is 0.638. The van der Waals surface area contributed by atoms with E-state index in [2.05, 4.69) is 35.4 Å². The first-order valence-electron chi connectivity index (χ1n) is 4.96. The molecule has 14 heavy (non-hydrogen) atoms. The Morgan fingerprint density at radius 1 is 1.43 bits per heavy atom. The first kappa shape index (κ1) is 9.11. The Balaban J connectivity index is 2.18. The number of hydrogen-bond acceptors (Lipinski definition) is 2. The topological polar surface area (TPSA) is 38.0 Å². The third-order valence-electron chi connectivity index (χ3n) is 2.32. The molecule has 0 saturated carbocycles. The van der Waals surface area contributed by atoms with Crippen LogP contribution in [0.1, 0.15) is 17.5 Å². The van der Waals surface area contributed by atoms with Crippen molar-refractivity contribution in [2.45, 2.75) is 12.8 Å². The van der Waals surface area contributed by atoms with Gasteiger partial charge in [0.25, 0.3) is 0 Å². The molecule has 0 saturated heterocycles. The van der Waals surface area contributed by atoms with Crippen molar-refractivity contribution in [3.8, 4) is 11.8 Å². The van der Waals surface area contributed by atoms with Gasteiger partial charge in [-0.2, -0.15) is 0 Å². The second-order valence-corrected chi connectivity index (χ2v) is 3.39. The number of fused-ring (bicyclic) bond motifs is 1. The van der Waals surface area contributed by atoms with Gasteiger partial charge in [-0.1, -0.05) is 11.8 Å². The molecule has 2 rings (SSSR count). The van der Waals surface area contributed by atoms with Gasteiger partial charge in [-0.3, -0.25) is 0 Å². The van der Waals surface area contributed by atoms with Crippen LogP contribution in [0.3, 0.4) is 0 Å². The lowest BCUT2D eigenvalue weighted by Gasteiger charge is -1.98. The smallest absolute Gasteiger partial charge is 0.0374 e. The summed E-state index contributed by atoms with van der Waals surface area (Å²) in [5, 5.41) is 3.33. The summed E-state index contributed by atoms with van der Waals surface area (Å²) in [7, 11) is 0. The lowest BCUT2D eigenvalue weighted by molar-refractivity contribution is 1.03. The Morgan fingerprint density at radius 2 is 2.36 bits per heavy atom. The summed E-state index contributed by atoms with van der Waals surface area (Å²) in [6.07, 6.45) is 1.89. The Bertz CT molecular complexity index is 385. The largest absolute Gasteiger partial charge is 0.384 e. The highest BCUT2D eigenvalue weighted by Crippen LogP contribution is 2.22. The van der Waals surface area contributed by atoms with Gasteiger partial charge in [0.2, 0.25) is 0 Å². The average molecular weight is 186 g/mol. The van der Waals surface area contributed by atoms with Gasteiger partial charge in [0.1, 0.15) is 0 Å². The maximum Gasteiger partial charge on any atom is 0.0374 e. The quantitative estimate of drug-likeness (QED) is 0.650. The zero-order valence-corrected chi connectivity index (χ0v) is 8.14. The standard InChI is InChI=1S/C12H14N2/c13-7-2-1-3-10-4-5-12-11(9-10)6-8-14-12/h4-5,9,14H,2,6-8,13H2. The number of nitrogens with one attached hydrogen (secondary N) is 1. The van der Waals surface area contributed by atoms with Crippen LogP contribution in [0.4, 0.5) is 5.69 Å².